The van der Waals surface area contributed by atoms with E-state index in [1.807, 2.05) is 30.3 Å². The number of nitrogens with one attached hydrogen (secondary N) is 1. The van der Waals surface area contributed by atoms with Gasteiger partial charge in [0.1, 0.15) is 5.82 Å². The average molecular weight is 416 g/mol. The van der Waals surface area contributed by atoms with Crippen LogP contribution >= 0.6 is 0 Å². The first kappa shape index (κ1) is 20.6. The predicted octanol–water partition coefficient (Wildman–Crippen LogP) is 4.71. The first-order valence-corrected chi connectivity index (χ1v) is 10.0. The molecule has 1 heterocycles. The zero-order valence-electron chi connectivity index (χ0n) is 16.7. The first-order chi connectivity index (χ1) is 15.1. The number of azo groups is 1. The molecule has 1 atom stereocenters. The molecule has 7 heteroatoms. The summed E-state index contributed by atoms with van der Waals surface area (Å²) in [6.07, 6.45) is 0.747. The second-order valence-electron chi connectivity index (χ2n) is 7.21. The van der Waals surface area contributed by atoms with Crippen molar-refractivity contribution >= 4 is 28.9 Å². The molecule has 156 valence electrons. The summed E-state index contributed by atoms with van der Waals surface area (Å²) < 4.78 is 13.0. The fourth-order valence-electron chi connectivity index (χ4n) is 3.38. The molecule has 0 saturated carbocycles. The van der Waals surface area contributed by atoms with Crippen molar-refractivity contribution in [3.8, 4) is 0 Å². The fraction of sp³-hybridized carbons (Fsp3) is 0.167. The Kier molecular flexibility index (Phi) is 6.24. The molecule has 2 amide bonds. The number of nitrogens with zero attached hydrogens (tertiary/aromatic N) is 3. The van der Waals surface area contributed by atoms with Crippen LogP contribution in [0.25, 0.3) is 0 Å². The molecule has 0 spiro atoms. The van der Waals surface area contributed by atoms with Gasteiger partial charge in [0.05, 0.1) is 29.5 Å². The van der Waals surface area contributed by atoms with Crippen molar-refractivity contribution in [3.63, 3.8) is 0 Å². The van der Waals surface area contributed by atoms with Crippen molar-refractivity contribution in [1.29, 1.82) is 0 Å². The lowest BCUT2D eigenvalue weighted by Crippen LogP contribution is -2.39. The highest BCUT2D eigenvalue weighted by molar-refractivity contribution is 6.22. The van der Waals surface area contributed by atoms with Crippen LogP contribution in [0, 0.1) is 5.82 Å². The van der Waals surface area contributed by atoms with Gasteiger partial charge in [-0.2, -0.15) is 10.2 Å². The summed E-state index contributed by atoms with van der Waals surface area (Å²) in [4.78, 5) is 26.4. The smallest absolute Gasteiger partial charge is 0.251 e. The number of rotatable bonds is 7. The van der Waals surface area contributed by atoms with Gasteiger partial charge in [-0.1, -0.05) is 30.3 Å². The lowest BCUT2D eigenvalue weighted by molar-refractivity contribution is -0.121. The van der Waals surface area contributed by atoms with Crippen LogP contribution in [0.5, 0.6) is 0 Å². The maximum Gasteiger partial charge on any atom is 0.251 e. The highest BCUT2D eigenvalue weighted by atomic mass is 19.1. The van der Waals surface area contributed by atoms with E-state index in [9.17, 15) is 14.0 Å². The molecule has 0 radical (unpaired) electrons. The van der Waals surface area contributed by atoms with Crippen molar-refractivity contribution in [3.05, 3.63) is 90.2 Å². The summed E-state index contributed by atoms with van der Waals surface area (Å²) in [5.74, 6) is -0.804. The Hall–Kier alpha value is -3.71. The molecule has 0 bridgehead atoms. The lowest BCUT2D eigenvalue weighted by Gasteiger charge is -2.15. The molecule has 4 rings (SSSR count). The molecular formula is C24H21FN4O2. The molecule has 1 saturated heterocycles. The van der Waals surface area contributed by atoms with Gasteiger partial charge in [-0.05, 0) is 67.1 Å². The van der Waals surface area contributed by atoms with Gasteiger partial charge in [0, 0.05) is 0 Å². The van der Waals surface area contributed by atoms with E-state index in [-0.39, 0.29) is 24.1 Å². The Balaban J connectivity index is 1.35. The van der Waals surface area contributed by atoms with E-state index in [0.717, 1.165) is 11.3 Å². The summed E-state index contributed by atoms with van der Waals surface area (Å²) in [7, 11) is 0. The van der Waals surface area contributed by atoms with Crippen LogP contribution in [-0.2, 0) is 16.0 Å². The number of benzene rings is 3. The van der Waals surface area contributed by atoms with Crippen molar-refractivity contribution < 1.29 is 14.0 Å². The molecule has 31 heavy (non-hydrogen) atoms. The zero-order chi connectivity index (χ0) is 21.6. The second kappa shape index (κ2) is 9.40. The van der Waals surface area contributed by atoms with Crippen LogP contribution in [0.15, 0.2) is 89.1 Å². The van der Waals surface area contributed by atoms with Gasteiger partial charge in [0.15, 0.2) is 0 Å². The largest absolute Gasteiger partial charge is 0.305 e. The van der Waals surface area contributed by atoms with Crippen LogP contribution in [0.3, 0.4) is 0 Å². The number of amides is 2. The van der Waals surface area contributed by atoms with Crippen LogP contribution in [-0.4, -0.2) is 24.4 Å². The van der Waals surface area contributed by atoms with Crippen LogP contribution in [0.1, 0.15) is 12.0 Å². The predicted molar refractivity (Wildman–Crippen MR) is 116 cm³/mol. The maximum absolute atomic E-state index is 13.0. The van der Waals surface area contributed by atoms with E-state index in [1.54, 1.807) is 36.4 Å². The van der Waals surface area contributed by atoms with E-state index in [0.29, 0.717) is 24.3 Å². The molecule has 6 nitrogen and oxygen atoms in total. The minimum absolute atomic E-state index is 0.109. The number of hydrogen-bond acceptors (Lipinski definition) is 5. The number of anilines is 1. The number of hydrogen-bond donors (Lipinski definition) is 1. The van der Waals surface area contributed by atoms with Gasteiger partial charge in [-0.15, -0.1) is 0 Å². The first-order valence-electron chi connectivity index (χ1n) is 10.0. The number of carbonyl (C=O) groups excluding carboxylic acids is 2. The van der Waals surface area contributed by atoms with E-state index in [1.165, 1.54) is 17.0 Å². The van der Waals surface area contributed by atoms with E-state index in [4.69, 9.17) is 0 Å². The fourth-order valence-corrected chi connectivity index (χ4v) is 3.38. The Morgan fingerprint density at radius 3 is 2.19 bits per heavy atom. The van der Waals surface area contributed by atoms with E-state index in [2.05, 4.69) is 15.5 Å². The third-order valence-electron chi connectivity index (χ3n) is 5.01. The van der Waals surface area contributed by atoms with Gasteiger partial charge in [0.25, 0.3) is 5.91 Å². The molecular weight excluding hydrogens is 395 g/mol. The van der Waals surface area contributed by atoms with Gasteiger partial charge in [0.2, 0.25) is 5.91 Å². The molecule has 1 N–H and O–H groups in total. The summed E-state index contributed by atoms with van der Waals surface area (Å²) in [6, 6.07) is 21.9. The van der Waals surface area contributed by atoms with Crippen LogP contribution in [0.2, 0.25) is 0 Å². The van der Waals surface area contributed by atoms with Gasteiger partial charge in [-0.25, -0.2) is 9.29 Å². The molecule has 1 aliphatic heterocycles. The molecule has 0 aromatic heterocycles. The summed E-state index contributed by atoms with van der Waals surface area (Å²) in [5.41, 5.74) is 2.84. The normalized spacial score (nSPS) is 16.4. The minimum Gasteiger partial charge on any atom is -0.305 e. The van der Waals surface area contributed by atoms with E-state index < -0.39 is 6.04 Å². The maximum atomic E-state index is 13.0. The number of halogens is 1. The Labute approximate surface area is 179 Å². The third kappa shape index (κ3) is 5.07. The molecule has 1 aliphatic rings. The van der Waals surface area contributed by atoms with Gasteiger partial charge >= 0.3 is 0 Å². The molecule has 3 aromatic rings. The SMILES string of the molecule is O=C1C[C@H](NCCc2ccc(F)cc2)C(=O)N1c1ccc(N=Nc2ccccc2)cc1. The Bertz CT molecular complexity index is 1080. The van der Waals surface area contributed by atoms with Crippen molar-refractivity contribution in [2.75, 3.05) is 11.4 Å². The summed E-state index contributed by atoms with van der Waals surface area (Å²) in [5, 5.41) is 11.5. The standard InChI is InChI=1S/C24H21FN4O2/c25-18-8-6-17(7-9-18)14-15-26-22-16-23(30)29(24(22)31)21-12-10-20(11-13-21)28-27-19-4-2-1-3-5-19/h1-13,22,26H,14-16H2/t22-/m0/s1. The summed E-state index contributed by atoms with van der Waals surface area (Å²) in [6.45, 7) is 0.516. The molecule has 0 aliphatic carbocycles. The van der Waals surface area contributed by atoms with Crippen molar-refractivity contribution in [2.45, 2.75) is 18.9 Å². The molecule has 0 unspecified atom stereocenters. The topological polar surface area (TPSA) is 74.1 Å². The highest BCUT2D eigenvalue weighted by Crippen LogP contribution is 2.26. The quantitative estimate of drug-likeness (QED) is 0.448. The Morgan fingerprint density at radius 1 is 0.871 bits per heavy atom. The van der Waals surface area contributed by atoms with Gasteiger partial charge < -0.3 is 5.32 Å². The van der Waals surface area contributed by atoms with Crippen molar-refractivity contribution in [2.24, 2.45) is 10.2 Å². The van der Waals surface area contributed by atoms with Gasteiger partial charge in [-0.3, -0.25) is 9.59 Å². The monoisotopic (exact) mass is 416 g/mol. The zero-order valence-corrected chi connectivity index (χ0v) is 16.7. The number of imide groups is 1. The minimum atomic E-state index is -0.564. The average Bonchev–Trinajstić information content (AvgIpc) is 3.08. The third-order valence-corrected chi connectivity index (χ3v) is 5.01. The summed E-state index contributed by atoms with van der Waals surface area (Å²) >= 11 is 0. The second-order valence-corrected chi connectivity index (χ2v) is 7.21. The molecule has 1 fully saturated rings. The van der Waals surface area contributed by atoms with Crippen LogP contribution in [0.4, 0.5) is 21.5 Å². The molecule has 3 aromatic carbocycles. The van der Waals surface area contributed by atoms with E-state index >= 15 is 0 Å². The highest BCUT2D eigenvalue weighted by Gasteiger charge is 2.39. The number of carbonyl (C=O) groups is 2. The van der Waals surface area contributed by atoms with Crippen molar-refractivity contribution in [1.82, 2.24) is 5.32 Å². The Morgan fingerprint density at radius 2 is 1.52 bits per heavy atom. The van der Waals surface area contributed by atoms with Crippen LogP contribution < -0.4 is 10.2 Å². The lowest BCUT2D eigenvalue weighted by atomic mass is 10.1.